The molecule has 0 aliphatic rings. The van der Waals surface area contributed by atoms with Crippen molar-refractivity contribution in [2.45, 2.75) is 165 Å². The summed E-state index contributed by atoms with van der Waals surface area (Å²) in [5.41, 5.74) is 2.21. The van der Waals surface area contributed by atoms with Gasteiger partial charge in [0.2, 0.25) is 0 Å². The van der Waals surface area contributed by atoms with E-state index in [9.17, 15) is 25.9 Å². The summed E-state index contributed by atoms with van der Waals surface area (Å²) in [6, 6.07) is 21.4. The van der Waals surface area contributed by atoms with E-state index in [-0.39, 0.29) is 47.5 Å². The number of hydrogen-bond acceptors (Lipinski definition) is 6. The van der Waals surface area contributed by atoms with Crippen molar-refractivity contribution in [3.63, 3.8) is 0 Å². The van der Waals surface area contributed by atoms with Gasteiger partial charge in [0.25, 0.3) is 0 Å². The Morgan fingerprint density at radius 3 is 1.02 bits per heavy atom. The van der Waals surface area contributed by atoms with Gasteiger partial charge in [0.05, 0.1) is 9.79 Å². The summed E-state index contributed by atoms with van der Waals surface area (Å²) in [5, 5.41) is 2.70. The van der Waals surface area contributed by atoms with E-state index in [0.717, 1.165) is 47.6 Å². The molecule has 0 saturated carbocycles. The summed E-state index contributed by atoms with van der Waals surface area (Å²) in [5.74, 6) is 0. The van der Waals surface area contributed by atoms with E-state index < -0.39 is 20.2 Å². The molecule has 0 saturated heterocycles. The monoisotopic (exact) mass is 790 g/mol. The second-order valence-electron chi connectivity index (χ2n) is 14.4. The molecule has 0 unspecified atom stereocenters. The van der Waals surface area contributed by atoms with Gasteiger partial charge < -0.3 is 9.11 Å². The van der Waals surface area contributed by atoms with Crippen LogP contribution in [0.2, 0.25) is 0 Å². The predicted molar refractivity (Wildman–Crippen MR) is 221 cm³/mol. The molecule has 0 atom stereocenters. The minimum atomic E-state index is -4.44. The summed E-state index contributed by atoms with van der Waals surface area (Å²) in [4.78, 5) is -0.222. The third kappa shape index (κ3) is 18.3. The molecule has 0 spiro atoms. The summed E-state index contributed by atoms with van der Waals surface area (Å²) in [6.07, 6.45) is 27.8. The molecule has 0 fully saturated rings. The third-order valence-electron chi connectivity index (χ3n) is 9.99. The number of rotatable bonds is 24. The van der Waals surface area contributed by atoms with Crippen LogP contribution in [0.4, 0.5) is 0 Å². The number of benzene rings is 4. The Kier molecular flexibility index (Phi) is 23.7. The Morgan fingerprint density at radius 1 is 0.415 bits per heavy atom. The summed E-state index contributed by atoms with van der Waals surface area (Å²) < 4.78 is 68.7. The van der Waals surface area contributed by atoms with Crippen LogP contribution in [-0.2, 0) is 33.1 Å². The predicted octanol–water partition coefficient (Wildman–Crippen LogP) is 12.0. The zero-order valence-corrected chi connectivity index (χ0v) is 36.3. The molecule has 9 heteroatoms. The van der Waals surface area contributed by atoms with Crippen molar-refractivity contribution in [3.05, 3.63) is 83.9 Å². The van der Waals surface area contributed by atoms with E-state index in [1.165, 1.54) is 128 Å². The Balaban J connectivity index is 0.000000360. The number of hydrogen-bond donors (Lipinski definition) is 0. The minimum absolute atomic E-state index is 0. The molecular weight excluding hydrogens is 729 g/mol. The maximum Gasteiger partial charge on any atom is 2.00 e. The van der Waals surface area contributed by atoms with Crippen molar-refractivity contribution in [2.75, 3.05) is 0 Å². The molecule has 0 radical (unpaired) electrons. The van der Waals surface area contributed by atoms with Crippen LogP contribution in [0.15, 0.2) is 82.6 Å². The van der Waals surface area contributed by atoms with E-state index in [0.29, 0.717) is 10.8 Å². The average Bonchev–Trinajstić information content (AvgIpc) is 3.12. The molecule has 0 heterocycles. The first-order chi connectivity index (χ1) is 25.0. The van der Waals surface area contributed by atoms with Gasteiger partial charge in [-0.25, -0.2) is 16.8 Å². The number of fused-ring (bicyclic) bond motifs is 2. The van der Waals surface area contributed by atoms with Crippen molar-refractivity contribution in [1.29, 1.82) is 0 Å². The van der Waals surface area contributed by atoms with Crippen LogP contribution in [0.25, 0.3) is 21.5 Å². The van der Waals surface area contributed by atoms with Crippen LogP contribution < -0.4 is 0 Å². The van der Waals surface area contributed by atoms with Crippen LogP contribution >= 0.6 is 0 Å². The molecule has 0 amide bonds. The van der Waals surface area contributed by atoms with E-state index >= 15 is 0 Å². The maximum atomic E-state index is 11.4. The van der Waals surface area contributed by atoms with Gasteiger partial charge in [-0.2, -0.15) is 0 Å². The molecule has 4 aromatic rings. The largest absolute Gasteiger partial charge is 2.00 e. The van der Waals surface area contributed by atoms with Crippen LogP contribution in [0.1, 0.15) is 153 Å². The number of aryl methyl sites for hydroxylation is 2. The molecule has 6 nitrogen and oxygen atoms in total. The van der Waals surface area contributed by atoms with Gasteiger partial charge in [0.1, 0.15) is 20.2 Å². The molecule has 53 heavy (non-hydrogen) atoms. The Hall–Kier alpha value is -1.52. The third-order valence-corrected chi connectivity index (χ3v) is 11.8. The van der Waals surface area contributed by atoms with Gasteiger partial charge in [-0.05, 0) is 82.6 Å². The van der Waals surface area contributed by atoms with E-state index in [1.807, 2.05) is 48.5 Å². The van der Waals surface area contributed by atoms with Crippen molar-refractivity contribution >= 4 is 79.5 Å². The fourth-order valence-electron chi connectivity index (χ4n) is 6.96. The van der Waals surface area contributed by atoms with Gasteiger partial charge in [0, 0.05) is 0 Å². The van der Waals surface area contributed by atoms with E-state index in [1.54, 1.807) is 12.1 Å². The van der Waals surface area contributed by atoms with Crippen LogP contribution in [0.5, 0.6) is 0 Å². The first-order valence-electron chi connectivity index (χ1n) is 20.0. The Bertz CT molecular complexity index is 1700. The quantitative estimate of drug-likeness (QED) is 0.0396. The second kappa shape index (κ2) is 26.4. The molecule has 0 bridgehead atoms. The molecule has 0 aliphatic carbocycles. The summed E-state index contributed by atoms with van der Waals surface area (Å²) in [6.45, 7) is 4.49. The van der Waals surface area contributed by atoms with Gasteiger partial charge in [0.15, 0.2) is 0 Å². The summed E-state index contributed by atoms with van der Waals surface area (Å²) in [7, 11) is -8.88. The minimum Gasteiger partial charge on any atom is -0.744 e. The second-order valence-corrected chi connectivity index (χ2v) is 17.1. The first-order valence-corrected chi connectivity index (χ1v) is 22.8. The fourth-order valence-corrected chi connectivity index (χ4v) is 8.35. The normalized spacial score (nSPS) is 11.7. The van der Waals surface area contributed by atoms with Gasteiger partial charge in [-0.1, -0.05) is 178 Å². The van der Waals surface area contributed by atoms with Gasteiger partial charge in [-0.15, -0.1) is 0 Å². The van der Waals surface area contributed by atoms with Crippen molar-refractivity contribution in [3.8, 4) is 0 Å². The van der Waals surface area contributed by atoms with E-state index in [2.05, 4.69) is 13.8 Å². The van der Waals surface area contributed by atoms with Gasteiger partial charge in [-0.3, -0.25) is 0 Å². The van der Waals surface area contributed by atoms with Crippen molar-refractivity contribution in [1.82, 2.24) is 0 Å². The topological polar surface area (TPSA) is 114 Å². The SMILES string of the molecule is CCCCCCCCCCCCc1ccc2cccc(S(=O)(=O)[O-])c2c1.CCCCCCCCCCCCc1ccc2cccc(S(=O)(=O)[O-])c2c1.[Ca+2]. The molecule has 0 N–H and O–H groups in total. The summed E-state index contributed by atoms with van der Waals surface area (Å²) >= 11 is 0. The molecule has 0 aliphatic heterocycles. The molecule has 4 rings (SSSR count). The molecule has 0 aromatic heterocycles. The first kappa shape index (κ1) is 47.6. The van der Waals surface area contributed by atoms with Crippen LogP contribution in [-0.4, -0.2) is 63.7 Å². The zero-order valence-electron chi connectivity index (χ0n) is 32.5. The van der Waals surface area contributed by atoms with Gasteiger partial charge >= 0.3 is 37.7 Å². The smallest absolute Gasteiger partial charge is 0.744 e. The number of unbranched alkanes of at least 4 members (excludes halogenated alkanes) is 18. The molecule has 4 aromatic carbocycles. The standard InChI is InChI=1S/2C22H32O3S.Ca/c2*1-2-3-4-5-6-7-8-9-10-11-13-19-16-17-20-14-12-15-22(21(20)18-19)26(23,24)25;/h2*12,14-18H,2-11,13H2,1H3,(H,23,24,25);/q;;+2/p-2. The Labute approximate surface area is 351 Å². The van der Waals surface area contributed by atoms with Crippen LogP contribution in [0, 0.1) is 0 Å². The van der Waals surface area contributed by atoms with Crippen LogP contribution in [0.3, 0.4) is 0 Å². The molecule has 288 valence electrons. The van der Waals surface area contributed by atoms with E-state index in [4.69, 9.17) is 0 Å². The Morgan fingerprint density at radius 2 is 0.717 bits per heavy atom. The maximum absolute atomic E-state index is 11.4. The van der Waals surface area contributed by atoms with Crippen molar-refractivity contribution in [2.24, 2.45) is 0 Å². The van der Waals surface area contributed by atoms with Crippen molar-refractivity contribution < 1.29 is 25.9 Å². The fraction of sp³-hybridized carbons (Fsp3) is 0.545. The molecular formula is C44H62CaO6S2. The zero-order chi connectivity index (χ0) is 37.7. The average molecular weight is 791 g/mol.